The fourth-order valence-electron chi connectivity index (χ4n) is 1.75. The van der Waals surface area contributed by atoms with Crippen LogP contribution in [0.1, 0.15) is 30.1 Å². The summed E-state index contributed by atoms with van der Waals surface area (Å²) in [5.74, 6) is 0.628. The average molecular weight is 202 g/mol. The molecule has 1 atom stereocenters. The van der Waals surface area contributed by atoms with Crippen molar-refractivity contribution in [2.45, 2.75) is 25.7 Å². The number of hydrogen-bond donors (Lipinski definition) is 2. The van der Waals surface area contributed by atoms with Gasteiger partial charge in [0.15, 0.2) is 0 Å². The van der Waals surface area contributed by atoms with Crippen molar-refractivity contribution in [1.29, 1.82) is 0 Å². The van der Waals surface area contributed by atoms with E-state index in [9.17, 15) is 0 Å². The molecular weight excluding hydrogens is 186 g/mol. The zero-order valence-electron chi connectivity index (χ0n) is 7.84. The molecule has 1 aromatic rings. The molecule has 0 spiro atoms. The van der Waals surface area contributed by atoms with Crippen molar-refractivity contribution in [2.24, 2.45) is 0 Å². The van der Waals surface area contributed by atoms with Crippen molar-refractivity contribution in [3.05, 3.63) is 17.5 Å². The molecule has 1 aromatic heterocycles. The van der Waals surface area contributed by atoms with Gasteiger partial charge in [0.2, 0.25) is 0 Å². The number of rotatable bonds is 1. The number of aromatic nitrogens is 2. The molecule has 1 aliphatic rings. The number of nitrogens with zero attached hydrogens (tertiary/aromatic N) is 1. The topological polar surface area (TPSA) is 40.7 Å². The zero-order chi connectivity index (χ0) is 8.39. The van der Waals surface area contributed by atoms with E-state index in [0.29, 0.717) is 5.92 Å². The SMILES string of the molecule is Cc1cc(C2CCCNC2)n[nH]1.Cl. The average Bonchev–Trinajstić information content (AvgIpc) is 2.54. The molecule has 0 amide bonds. The fourth-order valence-corrected chi connectivity index (χ4v) is 1.75. The Kier molecular flexibility index (Phi) is 3.75. The van der Waals surface area contributed by atoms with E-state index < -0.39 is 0 Å². The van der Waals surface area contributed by atoms with Crippen LogP contribution in [0.15, 0.2) is 6.07 Å². The summed E-state index contributed by atoms with van der Waals surface area (Å²) in [6.07, 6.45) is 2.55. The molecule has 2 N–H and O–H groups in total. The minimum Gasteiger partial charge on any atom is -0.316 e. The van der Waals surface area contributed by atoms with Crippen LogP contribution in [0.5, 0.6) is 0 Å². The van der Waals surface area contributed by atoms with Crippen LogP contribution < -0.4 is 5.32 Å². The summed E-state index contributed by atoms with van der Waals surface area (Å²) in [6.45, 7) is 4.30. The molecule has 2 rings (SSSR count). The van der Waals surface area contributed by atoms with Crippen molar-refractivity contribution in [3.63, 3.8) is 0 Å². The van der Waals surface area contributed by atoms with Gasteiger partial charge >= 0.3 is 0 Å². The lowest BCUT2D eigenvalue weighted by atomic mass is 9.96. The van der Waals surface area contributed by atoms with Crippen LogP contribution in [0.25, 0.3) is 0 Å². The van der Waals surface area contributed by atoms with Gasteiger partial charge in [-0.15, -0.1) is 12.4 Å². The number of piperidine rings is 1. The molecule has 2 heterocycles. The molecule has 74 valence electrons. The highest BCUT2D eigenvalue weighted by Crippen LogP contribution is 2.21. The van der Waals surface area contributed by atoms with Crippen LogP contribution in [0.3, 0.4) is 0 Å². The Labute approximate surface area is 84.7 Å². The van der Waals surface area contributed by atoms with Gasteiger partial charge in [0.1, 0.15) is 0 Å². The number of aromatic amines is 1. The minimum absolute atomic E-state index is 0. The number of halogens is 1. The summed E-state index contributed by atoms with van der Waals surface area (Å²) in [5, 5.41) is 10.7. The Balaban J connectivity index is 0.000000845. The van der Waals surface area contributed by atoms with Crippen LogP contribution in [-0.4, -0.2) is 23.3 Å². The molecule has 1 fully saturated rings. The van der Waals surface area contributed by atoms with E-state index in [1.54, 1.807) is 0 Å². The number of aryl methyl sites for hydroxylation is 1. The molecule has 1 unspecified atom stereocenters. The second kappa shape index (κ2) is 4.63. The van der Waals surface area contributed by atoms with Gasteiger partial charge in [-0.3, -0.25) is 5.10 Å². The molecule has 4 heteroatoms. The molecule has 1 saturated heterocycles. The van der Waals surface area contributed by atoms with E-state index in [0.717, 1.165) is 12.2 Å². The van der Waals surface area contributed by atoms with Gasteiger partial charge in [0.05, 0.1) is 5.69 Å². The third-order valence-electron chi connectivity index (χ3n) is 2.44. The number of H-pyrrole nitrogens is 1. The zero-order valence-corrected chi connectivity index (χ0v) is 8.66. The van der Waals surface area contributed by atoms with E-state index in [1.165, 1.54) is 25.1 Å². The highest BCUT2D eigenvalue weighted by Gasteiger charge is 2.16. The Morgan fingerprint density at radius 3 is 2.92 bits per heavy atom. The van der Waals surface area contributed by atoms with Gasteiger partial charge in [0, 0.05) is 18.2 Å². The fraction of sp³-hybridized carbons (Fsp3) is 0.667. The summed E-state index contributed by atoms with van der Waals surface area (Å²) in [7, 11) is 0. The van der Waals surface area contributed by atoms with Gasteiger partial charge in [-0.25, -0.2) is 0 Å². The highest BCUT2D eigenvalue weighted by molar-refractivity contribution is 5.85. The third-order valence-corrected chi connectivity index (χ3v) is 2.44. The maximum atomic E-state index is 4.27. The standard InChI is InChI=1S/C9H15N3.ClH/c1-7-5-9(12-11-7)8-3-2-4-10-6-8;/h5,8,10H,2-4,6H2,1H3,(H,11,12);1H. The second-order valence-electron chi connectivity index (χ2n) is 3.52. The molecule has 13 heavy (non-hydrogen) atoms. The summed E-state index contributed by atoms with van der Waals surface area (Å²) in [6, 6.07) is 2.15. The monoisotopic (exact) mass is 201 g/mol. The van der Waals surface area contributed by atoms with Gasteiger partial charge in [-0.05, 0) is 32.4 Å². The first-order chi connectivity index (χ1) is 5.86. The van der Waals surface area contributed by atoms with E-state index >= 15 is 0 Å². The Morgan fingerprint density at radius 1 is 1.54 bits per heavy atom. The maximum absolute atomic E-state index is 4.27. The summed E-state index contributed by atoms with van der Waals surface area (Å²) >= 11 is 0. The van der Waals surface area contributed by atoms with E-state index in [1.807, 2.05) is 6.92 Å². The van der Waals surface area contributed by atoms with Crippen LogP contribution in [0, 0.1) is 6.92 Å². The van der Waals surface area contributed by atoms with Gasteiger partial charge in [-0.1, -0.05) is 0 Å². The molecule has 0 saturated carbocycles. The predicted molar refractivity (Wildman–Crippen MR) is 55.4 cm³/mol. The molecule has 0 aromatic carbocycles. The first-order valence-corrected chi connectivity index (χ1v) is 4.59. The predicted octanol–water partition coefficient (Wildman–Crippen LogP) is 1.61. The molecule has 0 aliphatic carbocycles. The first kappa shape index (κ1) is 10.5. The molecule has 0 radical (unpaired) electrons. The third kappa shape index (κ3) is 2.45. The van der Waals surface area contributed by atoms with Crippen molar-refractivity contribution in [2.75, 3.05) is 13.1 Å². The smallest absolute Gasteiger partial charge is 0.0668 e. The van der Waals surface area contributed by atoms with Gasteiger partial charge in [0.25, 0.3) is 0 Å². The van der Waals surface area contributed by atoms with Crippen LogP contribution >= 0.6 is 12.4 Å². The maximum Gasteiger partial charge on any atom is 0.0668 e. The minimum atomic E-state index is 0. The van der Waals surface area contributed by atoms with Crippen molar-refractivity contribution < 1.29 is 0 Å². The lowest BCUT2D eigenvalue weighted by Gasteiger charge is -2.20. The van der Waals surface area contributed by atoms with Crippen molar-refractivity contribution in [3.8, 4) is 0 Å². The van der Waals surface area contributed by atoms with E-state index in [2.05, 4.69) is 21.6 Å². The number of nitrogens with one attached hydrogen (secondary N) is 2. The first-order valence-electron chi connectivity index (χ1n) is 4.59. The summed E-state index contributed by atoms with van der Waals surface area (Å²) < 4.78 is 0. The summed E-state index contributed by atoms with van der Waals surface area (Å²) in [4.78, 5) is 0. The Bertz CT molecular complexity index is 253. The molecule has 0 bridgehead atoms. The lowest BCUT2D eigenvalue weighted by molar-refractivity contribution is 0.454. The Morgan fingerprint density at radius 2 is 2.38 bits per heavy atom. The van der Waals surface area contributed by atoms with Crippen molar-refractivity contribution >= 4 is 12.4 Å². The molecular formula is C9H16ClN3. The van der Waals surface area contributed by atoms with Crippen LogP contribution in [0.2, 0.25) is 0 Å². The summed E-state index contributed by atoms with van der Waals surface area (Å²) in [5.41, 5.74) is 2.38. The van der Waals surface area contributed by atoms with Crippen LogP contribution in [0.4, 0.5) is 0 Å². The van der Waals surface area contributed by atoms with E-state index in [4.69, 9.17) is 0 Å². The van der Waals surface area contributed by atoms with E-state index in [-0.39, 0.29) is 12.4 Å². The molecule has 3 nitrogen and oxygen atoms in total. The normalized spacial score (nSPS) is 22.4. The van der Waals surface area contributed by atoms with Gasteiger partial charge in [-0.2, -0.15) is 5.10 Å². The Hall–Kier alpha value is -0.540. The lowest BCUT2D eigenvalue weighted by Crippen LogP contribution is -2.28. The quantitative estimate of drug-likeness (QED) is 0.725. The second-order valence-corrected chi connectivity index (χ2v) is 3.52. The van der Waals surface area contributed by atoms with Crippen LogP contribution in [-0.2, 0) is 0 Å². The number of hydrogen-bond acceptors (Lipinski definition) is 2. The van der Waals surface area contributed by atoms with Gasteiger partial charge < -0.3 is 5.32 Å². The van der Waals surface area contributed by atoms with Crippen molar-refractivity contribution in [1.82, 2.24) is 15.5 Å². The highest BCUT2D eigenvalue weighted by atomic mass is 35.5. The molecule has 1 aliphatic heterocycles. The largest absolute Gasteiger partial charge is 0.316 e.